The summed E-state index contributed by atoms with van der Waals surface area (Å²) in [6, 6.07) is 4.43. The molecule has 1 rings (SSSR count). The number of hydrogen-bond donors (Lipinski definition) is 2. The maximum Gasteiger partial charge on any atom is 0.311 e. The molecule has 0 bridgehead atoms. The first-order chi connectivity index (χ1) is 8.93. The maximum atomic E-state index is 10.7. The van der Waals surface area contributed by atoms with Gasteiger partial charge >= 0.3 is 11.7 Å². The summed E-state index contributed by atoms with van der Waals surface area (Å²) in [4.78, 5) is 20.7. The first-order valence-corrected chi connectivity index (χ1v) is 5.72. The molecule has 0 aliphatic rings. The second-order valence-electron chi connectivity index (χ2n) is 4.23. The first-order valence-electron chi connectivity index (χ1n) is 5.72. The van der Waals surface area contributed by atoms with Crippen LogP contribution in [0.15, 0.2) is 18.2 Å². The normalized spacial score (nSPS) is 11.7. The van der Waals surface area contributed by atoms with E-state index in [9.17, 15) is 14.9 Å². The second kappa shape index (κ2) is 6.58. The summed E-state index contributed by atoms with van der Waals surface area (Å²) >= 11 is 0. The fraction of sp³-hybridized carbons (Fsp3) is 0.417. The van der Waals surface area contributed by atoms with Crippen LogP contribution in [0, 0.1) is 16.0 Å². The second-order valence-corrected chi connectivity index (χ2v) is 4.23. The molecule has 0 fully saturated rings. The Kier molecular flexibility index (Phi) is 5.11. The number of carboxylic acid groups (broad SMARTS) is 1. The van der Waals surface area contributed by atoms with Crippen LogP contribution in [0.3, 0.4) is 0 Å². The number of ether oxygens (including phenoxy) is 1. The largest absolute Gasteiger partial charge is 0.490 e. The van der Waals surface area contributed by atoms with Gasteiger partial charge in [-0.25, -0.2) is 0 Å². The molecule has 1 aromatic carbocycles. The van der Waals surface area contributed by atoms with E-state index in [0.717, 1.165) is 0 Å². The molecule has 0 radical (unpaired) electrons. The van der Waals surface area contributed by atoms with Crippen molar-refractivity contribution in [3.63, 3.8) is 0 Å². The van der Waals surface area contributed by atoms with E-state index in [-0.39, 0.29) is 23.8 Å². The first kappa shape index (κ1) is 14.7. The number of benzene rings is 1. The molecule has 1 atom stereocenters. The van der Waals surface area contributed by atoms with Crippen molar-refractivity contribution in [2.75, 3.05) is 19.0 Å². The van der Waals surface area contributed by atoms with Crippen LogP contribution in [0.4, 0.5) is 11.4 Å². The molecule has 0 aromatic heterocycles. The number of methoxy groups -OCH3 is 1. The van der Waals surface area contributed by atoms with Crippen molar-refractivity contribution in [2.24, 2.45) is 5.92 Å². The van der Waals surface area contributed by atoms with Crippen LogP contribution in [0.5, 0.6) is 5.75 Å². The van der Waals surface area contributed by atoms with E-state index in [2.05, 4.69) is 5.32 Å². The van der Waals surface area contributed by atoms with Crippen LogP contribution in [0.2, 0.25) is 0 Å². The smallest absolute Gasteiger partial charge is 0.311 e. The van der Waals surface area contributed by atoms with Crippen molar-refractivity contribution in [3.8, 4) is 5.75 Å². The number of nitro groups is 1. The Morgan fingerprint density at radius 2 is 2.26 bits per heavy atom. The summed E-state index contributed by atoms with van der Waals surface area (Å²) in [5.74, 6) is -0.727. The molecule has 1 unspecified atom stereocenters. The molecule has 0 saturated heterocycles. The summed E-state index contributed by atoms with van der Waals surface area (Å²) in [6.07, 6.45) is 0.0666. The molecule has 104 valence electrons. The van der Waals surface area contributed by atoms with Crippen LogP contribution in [-0.4, -0.2) is 29.7 Å². The number of rotatable bonds is 7. The Hall–Kier alpha value is -2.31. The van der Waals surface area contributed by atoms with Crippen molar-refractivity contribution in [1.29, 1.82) is 0 Å². The molecule has 0 aliphatic heterocycles. The summed E-state index contributed by atoms with van der Waals surface area (Å²) < 4.78 is 4.94. The lowest BCUT2D eigenvalue weighted by Gasteiger charge is -2.12. The predicted octanol–water partition coefficient (Wildman–Crippen LogP) is 2.13. The number of hydrogen-bond acceptors (Lipinski definition) is 5. The highest BCUT2D eigenvalue weighted by Crippen LogP contribution is 2.29. The van der Waals surface area contributed by atoms with Gasteiger partial charge in [-0.3, -0.25) is 14.9 Å². The van der Waals surface area contributed by atoms with E-state index in [0.29, 0.717) is 12.2 Å². The Morgan fingerprint density at radius 3 is 2.79 bits per heavy atom. The number of nitro benzene ring substituents is 1. The minimum absolute atomic E-state index is 0.0429. The zero-order chi connectivity index (χ0) is 14.4. The van der Waals surface area contributed by atoms with Gasteiger partial charge in [0.1, 0.15) is 0 Å². The lowest BCUT2D eigenvalue weighted by molar-refractivity contribution is -0.385. The van der Waals surface area contributed by atoms with Crippen molar-refractivity contribution >= 4 is 17.3 Å². The molecule has 0 amide bonds. The molecule has 0 spiro atoms. The third kappa shape index (κ3) is 4.46. The highest BCUT2D eigenvalue weighted by Gasteiger charge is 2.15. The summed E-state index contributed by atoms with van der Waals surface area (Å²) in [5, 5.41) is 22.4. The quantitative estimate of drug-likeness (QED) is 0.580. The standard InChI is InChI=1S/C12H16N2O5/c1-8(5-12(15)16)7-13-9-3-4-10(14(17)18)11(6-9)19-2/h3-4,6,8,13H,5,7H2,1-2H3,(H,15,16). The van der Waals surface area contributed by atoms with E-state index in [4.69, 9.17) is 9.84 Å². The van der Waals surface area contributed by atoms with Crippen molar-refractivity contribution in [3.05, 3.63) is 28.3 Å². The summed E-state index contributed by atoms with van der Waals surface area (Å²) in [7, 11) is 1.36. The van der Waals surface area contributed by atoms with Gasteiger partial charge in [-0.1, -0.05) is 6.92 Å². The molecule has 0 saturated carbocycles. The van der Waals surface area contributed by atoms with Gasteiger partial charge in [-0.2, -0.15) is 0 Å². The minimum atomic E-state index is -0.851. The number of nitrogens with one attached hydrogen (secondary N) is 1. The summed E-state index contributed by atoms with van der Waals surface area (Å²) in [5.41, 5.74) is 0.548. The van der Waals surface area contributed by atoms with Crippen LogP contribution in [0.1, 0.15) is 13.3 Å². The van der Waals surface area contributed by atoms with E-state index in [1.54, 1.807) is 6.07 Å². The number of aliphatic carboxylic acids is 1. The molecule has 7 heteroatoms. The van der Waals surface area contributed by atoms with Gasteiger partial charge in [0.05, 0.1) is 12.0 Å². The third-order valence-electron chi connectivity index (χ3n) is 2.55. The van der Waals surface area contributed by atoms with Gasteiger partial charge in [0, 0.05) is 30.8 Å². The van der Waals surface area contributed by atoms with Gasteiger partial charge in [-0.05, 0) is 12.0 Å². The average molecular weight is 268 g/mol. The molecule has 0 aliphatic carbocycles. The molecular formula is C12H16N2O5. The summed E-state index contributed by atoms with van der Waals surface area (Å²) in [6.45, 7) is 2.27. The maximum absolute atomic E-state index is 10.7. The van der Waals surface area contributed by atoms with Crippen LogP contribution in [0.25, 0.3) is 0 Å². The topological polar surface area (TPSA) is 102 Å². The van der Waals surface area contributed by atoms with Gasteiger partial charge in [0.15, 0.2) is 5.75 Å². The van der Waals surface area contributed by atoms with E-state index >= 15 is 0 Å². The number of carbonyl (C=O) groups is 1. The highest BCUT2D eigenvalue weighted by atomic mass is 16.6. The molecule has 19 heavy (non-hydrogen) atoms. The zero-order valence-electron chi connectivity index (χ0n) is 10.8. The molecule has 0 heterocycles. The molecule has 1 aromatic rings. The minimum Gasteiger partial charge on any atom is -0.490 e. The van der Waals surface area contributed by atoms with Gasteiger partial charge in [0.2, 0.25) is 0 Å². The fourth-order valence-electron chi connectivity index (χ4n) is 1.60. The molecular weight excluding hydrogens is 252 g/mol. The van der Waals surface area contributed by atoms with E-state index in [1.807, 2.05) is 6.92 Å². The number of carboxylic acids is 1. The van der Waals surface area contributed by atoms with Crippen molar-refractivity contribution in [2.45, 2.75) is 13.3 Å². The van der Waals surface area contributed by atoms with Crippen LogP contribution in [-0.2, 0) is 4.79 Å². The Bertz CT molecular complexity index is 475. The van der Waals surface area contributed by atoms with Crippen molar-refractivity contribution < 1.29 is 19.6 Å². The van der Waals surface area contributed by atoms with Crippen molar-refractivity contribution in [1.82, 2.24) is 0 Å². The lowest BCUT2D eigenvalue weighted by atomic mass is 10.1. The Labute approximate surface area is 110 Å². The van der Waals surface area contributed by atoms with E-state index < -0.39 is 10.9 Å². The molecule has 2 N–H and O–H groups in total. The Balaban J connectivity index is 2.70. The Morgan fingerprint density at radius 1 is 1.58 bits per heavy atom. The van der Waals surface area contributed by atoms with Gasteiger partial charge in [-0.15, -0.1) is 0 Å². The SMILES string of the molecule is COc1cc(NCC(C)CC(=O)O)ccc1[N+](=O)[O-]. The van der Waals surface area contributed by atoms with Gasteiger partial charge < -0.3 is 15.2 Å². The average Bonchev–Trinajstić information content (AvgIpc) is 2.34. The van der Waals surface area contributed by atoms with Crippen LogP contribution >= 0.6 is 0 Å². The lowest BCUT2D eigenvalue weighted by Crippen LogP contribution is -2.14. The predicted molar refractivity (Wildman–Crippen MR) is 69.6 cm³/mol. The number of anilines is 1. The molecule has 7 nitrogen and oxygen atoms in total. The number of nitrogens with zero attached hydrogens (tertiary/aromatic N) is 1. The fourth-order valence-corrected chi connectivity index (χ4v) is 1.60. The van der Waals surface area contributed by atoms with E-state index in [1.165, 1.54) is 19.2 Å². The monoisotopic (exact) mass is 268 g/mol. The highest BCUT2D eigenvalue weighted by molar-refractivity contribution is 5.67. The third-order valence-corrected chi connectivity index (χ3v) is 2.55. The zero-order valence-corrected chi connectivity index (χ0v) is 10.8. The van der Waals surface area contributed by atoms with Gasteiger partial charge in [0.25, 0.3) is 0 Å². The van der Waals surface area contributed by atoms with Crippen LogP contribution < -0.4 is 10.1 Å².